The first-order valence-corrected chi connectivity index (χ1v) is 8.17. The van der Waals surface area contributed by atoms with E-state index in [2.05, 4.69) is 5.32 Å². The molecule has 0 aromatic heterocycles. The first-order valence-electron chi connectivity index (χ1n) is 7.04. The highest BCUT2D eigenvalue weighted by Crippen LogP contribution is 2.45. The molecule has 0 spiro atoms. The number of nitrogens with zero attached hydrogens (tertiary/aromatic N) is 3. The first kappa shape index (κ1) is 20.6. The molecule has 0 radical (unpaired) electrons. The number of non-ortho nitro benzene ring substituents is 1. The van der Waals surface area contributed by atoms with Crippen LogP contribution in [-0.4, -0.2) is 17.1 Å². The number of ether oxygens (including phenoxy) is 1. The number of anilines is 2. The smallest absolute Gasteiger partial charge is 0.272 e. The van der Waals surface area contributed by atoms with Crippen molar-refractivity contribution in [1.29, 1.82) is 10.5 Å². The molecule has 11 heteroatoms. The maximum Gasteiger partial charge on any atom is 0.272 e. The van der Waals surface area contributed by atoms with E-state index < -0.39 is 11.5 Å². The van der Waals surface area contributed by atoms with Gasteiger partial charge in [-0.2, -0.15) is 10.5 Å². The van der Waals surface area contributed by atoms with Gasteiger partial charge in [0, 0.05) is 17.7 Å². The molecule has 0 aliphatic heterocycles. The summed E-state index contributed by atoms with van der Waals surface area (Å²) in [5.74, 6) is -0.0487. The standard InChI is InChI=1S/C16H9Cl3N4O4/c1-27-16-13(19)8(4-20)10(6-24)9(5-21)14(16)22-15-11(17)2-7(23(25)26)3-12(15)18/h2-3,22,24H,6H2,1H3. The summed E-state index contributed by atoms with van der Waals surface area (Å²) in [6.07, 6.45) is 0. The maximum absolute atomic E-state index is 10.9. The molecule has 0 fully saturated rings. The lowest BCUT2D eigenvalue weighted by atomic mass is 9.99. The molecule has 0 aliphatic rings. The van der Waals surface area contributed by atoms with E-state index in [1.54, 1.807) is 0 Å². The third-order valence-corrected chi connectivity index (χ3v) is 4.53. The lowest BCUT2D eigenvalue weighted by molar-refractivity contribution is -0.384. The largest absolute Gasteiger partial charge is 0.493 e. The Kier molecular flexibility index (Phi) is 6.32. The molecule has 2 aromatic rings. The van der Waals surface area contributed by atoms with Crippen LogP contribution in [-0.2, 0) is 6.61 Å². The van der Waals surface area contributed by atoms with Crippen LogP contribution in [0.2, 0.25) is 15.1 Å². The molecule has 0 bridgehead atoms. The fourth-order valence-corrected chi connectivity index (χ4v) is 3.26. The van der Waals surface area contributed by atoms with E-state index in [4.69, 9.17) is 39.5 Å². The zero-order valence-corrected chi connectivity index (χ0v) is 15.8. The highest BCUT2D eigenvalue weighted by molar-refractivity contribution is 6.40. The average molecular weight is 428 g/mol. The van der Waals surface area contributed by atoms with Gasteiger partial charge in [-0.05, 0) is 0 Å². The van der Waals surface area contributed by atoms with E-state index in [0.29, 0.717) is 0 Å². The number of methoxy groups -OCH3 is 1. The Morgan fingerprint density at radius 1 is 1.19 bits per heavy atom. The van der Waals surface area contributed by atoms with Crippen LogP contribution in [0.25, 0.3) is 0 Å². The summed E-state index contributed by atoms with van der Waals surface area (Å²) in [7, 11) is 1.27. The zero-order chi connectivity index (χ0) is 20.3. The van der Waals surface area contributed by atoms with Gasteiger partial charge < -0.3 is 15.2 Å². The second-order valence-corrected chi connectivity index (χ2v) is 6.19. The topological polar surface area (TPSA) is 132 Å². The van der Waals surface area contributed by atoms with Crippen LogP contribution in [0.5, 0.6) is 5.75 Å². The van der Waals surface area contributed by atoms with Crippen molar-refractivity contribution in [1.82, 2.24) is 0 Å². The van der Waals surface area contributed by atoms with Crippen LogP contribution < -0.4 is 10.1 Å². The molecule has 0 saturated heterocycles. The third-order valence-electron chi connectivity index (χ3n) is 3.57. The van der Waals surface area contributed by atoms with Crippen molar-refractivity contribution >= 4 is 51.9 Å². The van der Waals surface area contributed by atoms with Crippen molar-refractivity contribution < 1.29 is 14.8 Å². The number of halogens is 3. The van der Waals surface area contributed by atoms with Gasteiger partial charge in [0.2, 0.25) is 0 Å². The lowest BCUT2D eigenvalue weighted by Crippen LogP contribution is -2.06. The fourth-order valence-electron chi connectivity index (χ4n) is 2.36. The minimum atomic E-state index is -0.661. The predicted octanol–water partition coefficient (Wildman–Crippen LogP) is 4.54. The van der Waals surface area contributed by atoms with E-state index in [0.717, 1.165) is 12.1 Å². The van der Waals surface area contributed by atoms with E-state index >= 15 is 0 Å². The molecular formula is C16H9Cl3N4O4. The normalized spacial score (nSPS) is 10.0. The first-order chi connectivity index (χ1) is 12.8. The summed E-state index contributed by atoms with van der Waals surface area (Å²) in [4.78, 5) is 10.2. The number of benzene rings is 2. The Morgan fingerprint density at radius 2 is 1.74 bits per heavy atom. The fraction of sp³-hybridized carbons (Fsp3) is 0.125. The Morgan fingerprint density at radius 3 is 2.15 bits per heavy atom. The van der Waals surface area contributed by atoms with Crippen LogP contribution in [0.15, 0.2) is 12.1 Å². The van der Waals surface area contributed by atoms with Crippen molar-refractivity contribution in [2.45, 2.75) is 6.61 Å². The molecule has 8 nitrogen and oxygen atoms in total. The zero-order valence-electron chi connectivity index (χ0n) is 13.5. The van der Waals surface area contributed by atoms with Gasteiger partial charge in [-0.1, -0.05) is 34.8 Å². The van der Waals surface area contributed by atoms with Crippen molar-refractivity contribution in [3.8, 4) is 17.9 Å². The number of hydrogen-bond donors (Lipinski definition) is 2. The molecule has 27 heavy (non-hydrogen) atoms. The molecule has 0 saturated carbocycles. The number of nitriles is 2. The monoisotopic (exact) mass is 426 g/mol. The third kappa shape index (κ3) is 3.70. The van der Waals surface area contributed by atoms with Gasteiger partial charge in [0.25, 0.3) is 5.69 Å². The SMILES string of the molecule is COc1c(Cl)c(C#N)c(CO)c(C#N)c1Nc1c(Cl)cc([N+](=O)[O-])cc1Cl. The molecular weight excluding hydrogens is 419 g/mol. The van der Waals surface area contributed by atoms with Crippen LogP contribution >= 0.6 is 34.8 Å². The van der Waals surface area contributed by atoms with Crippen molar-refractivity contribution in [3.05, 3.63) is 54.0 Å². The maximum atomic E-state index is 10.9. The summed E-state index contributed by atoms with van der Waals surface area (Å²) in [6, 6.07) is 5.85. The summed E-state index contributed by atoms with van der Waals surface area (Å²) >= 11 is 18.3. The number of aliphatic hydroxyl groups excluding tert-OH is 1. The van der Waals surface area contributed by atoms with Crippen LogP contribution in [0.3, 0.4) is 0 Å². The van der Waals surface area contributed by atoms with Crippen LogP contribution in [0.4, 0.5) is 17.1 Å². The van der Waals surface area contributed by atoms with Crippen LogP contribution in [0, 0.1) is 32.8 Å². The van der Waals surface area contributed by atoms with E-state index in [-0.39, 0.29) is 54.6 Å². The Bertz CT molecular complexity index is 1010. The van der Waals surface area contributed by atoms with E-state index in [9.17, 15) is 25.7 Å². The number of nitro benzene ring substituents is 1. The van der Waals surface area contributed by atoms with Crippen molar-refractivity contribution in [3.63, 3.8) is 0 Å². The number of rotatable bonds is 5. The number of aliphatic hydroxyl groups is 1. The van der Waals surface area contributed by atoms with Gasteiger partial charge in [0.1, 0.15) is 22.8 Å². The number of nitrogens with one attached hydrogen (secondary N) is 1. The second kappa shape index (κ2) is 8.30. The summed E-state index contributed by atoms with van der Waals surface area (Å²) in [5.41, 5.74) is -0.492. The molecule has 0 amide bonds. The number of nitro groups is 1. The van der Waals surface area contributed by atoms with Gasteiger partial charge in [0.05, 0.1) is 45.5 Å². The van der Waals surface area contributed by atoms with Gasteiger partial charge in [-0.15, -0.1) is 0 Å². The van der Waals surface area contributed by atoms with Gasteiger partial charge in [-0.25, -0.2) is 0 Å². The summed E-state index contributed by atoms with van der Waals surface area (Å²) in [5, 5.41) is 41.8. The molecule has 0 aliphatic carbocycles. The predicted molar refractivity (Wildman–Crippen MR) is 99.8 cm³/mol. The highest BCUT2D eigenvalue weighted by atomic mass is 35.5. The molecule has 0 unspecified atom stereocenters. The molecule has 0 atom stereocenters. The molecule has 0 heterocycles. The lowest BCUT2D eigenvalue weighted by Gasteiger charge is -2.19. The van der Waals surface area contributed by atoms with Gasteiger partial charge in [0.15, 0.2) is 5.75 Å². The van der Waals surface area contributed by atoms with Gasteiger partial charge in [-0.3, -0.25) is 10.1 Å². The summed E-state index contributed by atoms with van der Waals surface area (Å²) < 4.78 is 5.20. The quantitative estimate of drug-likeness (QED) is 0.528. The van der Waals surface area contributed by atoms with Crippen molar-refractivity contribution in [2.75, 3.05) is 12.4 Å². The molecule has 2 aromatic carbocycles. The summed E-state index contributed by atoms with van der Waals surface area (Å²) in [6.45, 7) is -0.633. The minimum Gasteiger partial charge on any atom is -0.493 e. The average Bonchev–Trinajstić information content (AvgIpc) is 2.63. The highest BCUT2D eigenvalue weighted by Gasteiger charge is 2.25. The van der Waals surface area contributed by atoms with Crippen molar-refractivity contribution in [2.24, 2.45) is 0 Å². The molecule has 2 rings (SSSR count). The Labute approximate surface area is 168 Å². The van der Waals surface area contributed by atoms with E-state index in [1.165, 1.54) is 7.11 Å². The Balaban J connectivity index is 2.78. The van der Waals surface area contributed by atoms with E-state index in [1.807, 2.05) is 12.1 Å². The van der Waals surface area contributed by atoms with Crippen LogP contribution in [0.1, 0.15) is 16.7 Å². The molecule has 2 N–H and O–H groups in total. The Hall–Kier alpha value is -2.75. The second-order valence-electron chi connectivity index (χ2n) is 5.00. The van der Waals surface area contributed by atoms with Gasteiger partial charge >= 0.3 is 0 Å². The molecule has 138 valence electrons. The minimum absolute atomic E-state index is 0.00528. The number of hydrogen-bond acceptors (Lipinski definition) is 7.